The van der Waals surface area contributed by atoms with E-state index in [4.69, 9.17) is 14.6 Å². The first-order chi connectivity index (χ1) is 14.0. The van der Waals surface area contributed by atoms with E-state index >= 15 is 0 Å². The molecule has 0 saturated heterocycles. The Morgan fingerprint density at radius 2 is 1.73 bits per heavy atom. The van der Waals surface area contributed by atoms with E-state index in [-0.39, 0.29) is 11.9 Å². The third kappa shape index (κ3) is 5.52. The molecule has 1 aromatic carbocycles. The predicted octanol–water partition coefficient (Wildman–Crippen LogP) is 4.37. The molecule has 0 spiro atoms. The zero-order chi connectivity index (χ0) is 22.5. The van der Waals surface area contributed by atoms with E-state index in [1.54, 1.807) is 24.7 Å². The lowest BCUT2D eigenvalue weighted by atomic mass is 10.1. The number of methoxy groups -OCH3 is 1. The molecule has 0 atom stereocenters. The Morgan fingerprint density at radius 3 is 2.23 bits per heavy atom. The van der Waals surface area contributed by atoms with Crippen molar-refractivity contribution >= 4 is 5.97 Å². The van der Waals surface area contributed by atoms with Gasteiger partial charge in [-0.15, -0.1) is 0 Å². The minimum absolute atomic E-state index is 0.202. The zero-order valence-electron chi connectivity index (χ0n) is 16.2. The summed E-state index contributed by atoms with van der Waals surface area (Å²) in [6.45, 7) is 4.14. The molecule has 2 heterocycles. The van der Waals surface area contributed by atoms with Gasteiger partial charge in [-0.1, -0.05) is 0 Å². The first-order valence-electron chi connectivity index (χ1n) is 8.54. The molecule has 0 aliphatic carbocycles. The lowest BCUT2D eigenvalue weighted by molar-refractivity contribution is -0.192. The van der Waals surface area contributed by atoms with E-state index < -0.39 is 12.1 Å². The fourth-order valence-electron chi connectivity index (χ4n) is 2.40. The maximum Gasteiger partial charge on any atom is 0.490 e. The quantitative estimate of drug-likeness (QED) is 0.623. The van der Waals surface area contributed by atoms with Gasteiger partial charge in [0.2, 0.25) is 0 Å². The first-order valence-corrected chi connectivity index (χ1v) is 8.54. The summed E-state index contributed by atoms with van der Waals surface area (Å²) in [6.07, 6.45) is -1.67. The van der Waals surface area contributed by atoms with Crippen LogP contribution < -0.4 is 4.74 Å². The van der Waals surface area contributed by atoms with Crippen LogP contribution in [-0.2, 0) is 4.79 Å². The molecule has 3 rings (SSSR count). The van der Waals surface area contributed by atoms with Crippen molar-refractivity contribution in [2.45, 2.75) is 26.1 Å². The van der Waals surface area contributed by atoms with Gasteiger partial charge in [-0.3, -0.25) is 0 Å². The molecule has 0 aliphatic heterocycles. The minimum atomic E-state index is -5.08. The second-order valence-electron chi connectivity index (χ2n) is 6.18. The van der Waals surface area contributed by atoms with Gasteiger partial charge in [-0.2, -0.15) is 18.2 Å². The van der Waals surface area contributed by atoms with Crippen LogP contribution in [0.4, 0.5) is 17.6 Å². The molecule has 2 aromatic heterocycles. The number of carboxylic acids is 1. The van der Waals surface area contributed by atoms with Gasteiger partial charge in [0.25, 0.3) is 0 Å². The van der Waals surface area contributed by atoms with Crippen LogP contribution in [0.1, 0.15) is 19.9 Å². The third-order valence-corrected chi connectivity index (χ3v) is 3.77. The number of nitrogens with zero attached hydrogens (tertiary/aromatic N) is 4. The van der Waals surface area contributed by atoms with Crippen molar-refractivity contribution in [3.05, 3.63) is 48.7 Å². The summed E-state index contributed by atoms with van der Waals surface area (Å²) < 4.78 is 52.1. The number of rotatable bonds is 4. The molecule has 30 heavy (non-hydrogen) atoms. The van der Waals surface area contributed by atoms with Crippen molar-refractivity contribution in [3.63, 3.8) is 0 Å². The highest BCUT2D eigenvalue weighted by Crippen LogP contribution is 2.32. The van der Waals surface area contributed by atoms with Crippen LogP contribution in [0.3, 0.4) is 0 Å². The Kier molecular flexibility index (Phi) is 7.09. The Balaban J connectivity index is 0.000000396. The number of aromatic nitrogens is 4. The van der Waals surface area contributed by atoms with Crippen molar-refractivity contribution in [1.82, 2.24) is 19.5 Å². The lowest BCUT2D eigenvalue weighted by Crippen LogP contribution is -2.21. The molecule has 0 fully saturated rings. The third-order valence-electron chi connectivity index (χ3n) is 3.77. The molecule has 0 saturated carbocycles. The summed E-state index contributed by atoms with van der Waals surface area (Å²) in [5.74, 6) is -3.03. The van der Waals surface area contributed by atoms with Crippen LogP contribution in [0.15, 0.2) is 42.9 Å². The predicted molar refractivity (Wildman–Crippen MR) is 99.3 cm³/mol. The molecule has 0 radical (unpaired) electrons. The van der Waals surface area contributed by atoms with Gasteiger partial charge in [0.1, 0.15) is 5.82 Å². The van der Waals surface area contributed by atoms with Crippen LogP contribution in [0.2, 0.25) is 0 Å². The van der Waals surface area contributed by atoms with E-state index in [0.29, 0.717) is 11.7 Å². The van der Waals surface area contributed by atoms with E-state index in [1.807, 2.05) is 10.6 Å². The molecular weight excluding hydrogens is 408 g/mol. The molecule has 1 N–H and O–H groups in total. The number of carboxylic acid groups (broad SMARTS) is 1. The topological polar surface area (TPSA) is 90.1 Å². The maximum atomic E-state index is 13.2. The highest BCUT2D eigenvalue weighted by Gasteiger charge is 2.38. The van der Waals surface area contributed by atoms with Crippen molar-refractivity contribution in [1.29, 1.82) is 0 Å². The van der Waals surface area contributed by atoms with Gasteiger partial charge in [0, 0.05) is 17.8 Å². The number of hydrogen-bond acceptors (Lipinski definition) is 5. The van der Waals surface area contributed by atoms with Crippen LogP contribution >= 0.6 is 0 Å². The van der Waals surface area contributed by atoms with Crippen LogP contribution in [0.5, 0.6) is 6.01 Å². The second kappa shape index (κ2) is 9.33. The summed E-state index contributed by atoms with van der Waals surface area (Å²) in [4.78, 5) is 21.9. The average molecular weight is 426 g/mol. The van der Waals surface area contributed by atoms with Crippen molar-refractivity contribution in [2.24, 2.45) is 0 Å². The molecule has 3 aromatic rings. The Hall–Kier alpha value is -3.50. The van der Waals surface area contributed by atoms with E-state index in [0.717, 1.165) is 17.0 Å². The van der Waals surface area contributed by atoms with Gasteiger partial charge < -0.3 is 14.4 Å². The summed E-state index contributed by atoms with van der Waals surface area (Å²) in [6, 6.07) is 8.58. The molecule has 7 nitrogen and oxygen atoms in total. The molecular formula is C19H18F4N4O3. The number of halogens is 4. The number of benzene rings is 1. The van der Waals surface area contributed by atoms with E-state index in [9.17, 15) is 17.6 Å². The number of carbonyl (C=O) groups is 1. The number of hydrogen-bond donors (Lipinski definition) is 1. The molecule has 11 heteroatoms. The zero-order valence-corrected chi connectivity index (χ0v) is 16.2. The largest absolute Gasteiger partial charge is 0.490 e. The lowest BCUT2D eigenvalue weighted by Gasteiger charge is -2.13. The van der Waals surface area contributed by atoms with Gasteiger partial charge in [-0.05, 0) is 44.2 Å². The fraction of sp³-hybridized carbons (Fsp3) is 0.263. The summed E-state index contributed by atoms with van der Waals surface area (Å²) in [5.41, 5.74) is 3.15. The van der Waals surface area contributed by atoms with E-state index in [1.165, 1.54) is 19.2 Å². The molecule has 0 aliphatic rings. The molecule has 0 amide bonds. The molecule has 0 bridgehead atoms. The van der Waals surface area contributed by atoms with Gasteiger partial charge in [0.05, 0.1) is 30.5 Å². The van der Waals surface area contributed by atoms with Crippen molar-refractivity contribution in [2.75, 3.05) is 7.11 Å². The first kappa shape index (κ1) is 22.8. The van der Waals surface area contributed by atoms with Gasteiger partial charge in [0.15, 0.2) is 0 Å². The Morgan fingerprint density at radius 1 is 1.13 bits per heavy atom. The highest BCUT2D eigenvalue weighted by molar-refractivity contribution is 5.77. The average Bonchev–Trinajstić information content (AvgIpc) is 3.14. The summed E-state index contributed by atoms with van der Waals surface area (Å²) >= 11 is 0. The number of alkyl halides is 3. The Labute approximate surface area is 169 Å². The van der Waals surface area contributed by atoms with Crippen LogP contribution in [0, 0.1) is 5.82 Å². The molecule has 160 valence electrons. The van der Waals surface area contributed by atoms with Gasteiger partial charge in [-0.25, -0.2) is 19.2 Å². The normalized spacial score (nSPS) is 11.1. The van der Waals surface area contributed by atoms with Crippen LogP contribution in [-0.4, -0.2) is 43.9 Å². The van der Waals surface area contributed by atoms with E-state index in [2.05, 4.69) is 28.8 Å². The van der Waals surface area contributed by atoms with Crippen molar-refractivity contribution < 1.29 is 32.2 Å². The number of ether oxygens (including phenoxy) is 1. The van der Waals surface area contributed by atoms with Gasteiger partial charge >= 0.3 is 18.2 Å². The minimum Gasteiger partial charge on any atom is -0.475 e. The fourth-order valence-corrected chi connectivity index (χ4v) is 2.40. The van der Waals surface area contributed by atoms with Crippen molar-refractivity contribution in [3.8, 4) is 28.7 Å². The number of aliphatic carboxylic acids is 1. The standard InChI is InChI=1S/C17H17FN4O.C2HF3O2/c1-11(2)22-10-20-15(12-4-6-13(18)7-5-12)16(22)14-8-9-19-17(21-14)23-3;3-2(4,5)1(6)7/h4-11H,1-3H3;(H,6,7). The monoisotopic (exact) mass is 426 g/mol. The smallest absolute Gasteiger partial charge is 0.475 e. The second-order valence-corrected chi connectivity index (χ2v) is 6.18. The highest BCUT2D eigenvalue weighted by atomic mass is 19.4. The maximum absolute atomic E-state index is 13.2. The van der Waals surface area contributed by atoms with Crippen LogP contribution in [0.25, 0.3) is 22.6 Å². The summed E-state index contributed by atoms with van der Waals surface area (Å²) in [7, 11) is 1.53. The summed E-state index contributed by atoms with van der Waals surface area (Å²) in [5, 5.41) is 7.12. The number of imidazole rings is 1. The SMILES string of the molecule is COc1nccc(-c2c(-c3ccc(F)cc3)ncn2C(C)C)n1.O=C(O)C(F)(F)F. The Bertz CT molecular complexity index is 1000. The molecule has 0 unspecified atom stereocenters.